The molecule has 190 valence electrons. The van der Waals surface area contributed by atoms with Crippen molar-refractivity contribution in [3.05, 3.63) is 75.4 Å². The van der Waals surface area contributed by atoms with Crippen molar-refractivity contribution < 1.29 is 28.0 Å². The number of carbonyl (C=O) groups excluding carboxylic acids is 1. The Balaban J connectivity index is 1.51. The van der Waals surface area contributed by atoms with Gasteiger partial charge in [0.1, 0.15) is 30.2 Å². The lowest BCUT2D eigenvalue weighted by Gasteiger charge is -2.27. The quantitative estimate of drug-likeness (QED) is 0.462. The monoisotopic (exact) mass is 495 g/mol. The Bertz CT molecular complexity index is 1300. The van der Waals surface area contributed by atoms with Gasteiger partial charge in [-0.3, -0.25) is 9.59 Å². The summed E-state index contributed by atoms with van der Waals surface area (Å²) in [6.45, 7) is 7.48. The summed E-state index contributed by atoms with van der Waals surface area (Å²) in [5, 5.41) is 0.140. The molecule has 1 atom stereocenters. The molecule has 5 rings (SSSR count). The summed E-state index contributed by atoms with van der Waals surface area (Å²) in [6.07, 6.45) is 2.74. The van der Waals surface area contributed by atoms with Crippen LogP contribution in [0.1, 0.15) is 53.9 Å². The lowest BCUT2D eigenvalue weighted by Crippen LogP contribution is -3.14. The number of hydrogen-bond acceptors (Lipinski definition) is 5. The molecular weight excluding hydrogens is 463 g/mol. The predicted octanol–water partition coefficient (Wildman–Crippen LogP) is 2.96. The summed E-state index contributed by atoms with van der Waals surface area (Å²) in [4.78, 5) is 30.4. The van der Waals surface area contributed by atoms with Crippen LogP contribution in [0, 0.1) is 5.82 Å². The van der Waals surface area contributed by atoms with Gasteiger partial charge in [0.2, 0.25) is 5.76 Å². The van der Waals surface area contributed by atoms with Gasteiger partial charge in [0.05, 0.1) is 43.4 Å². The number of fused-ring (bicyclic) bond motifs is 2. The van der Waals surface area contributed by atoms with Crippen molar-refractivity contribution >= 4 is 16.9 Å². The molecule has 1 fully saturated rings. The van der Waals surface area contributed by atoms with E-state index >= 15 is 0 Å². The van der Waals surface area contributed by atoms with Gasteiger partial charge in [-0.25, -0.2) is 4.39 Å². The Labute approximate surface area is 209 Å². The van der Waals surface area contributed by atoms with E-state index in [2.05, 4.69) is 6.92 Å². The van der Waals surface area contributed by atoms with Gasteiger partial charge in [0.15, 0.2) is 5.43 Å². The van der Waals surface area contributed by atoms with Crippen LogP contribution in [-0.2, 0) is 4.74 Å². The second-order valence-electron chi connectivity index (χ2n) is 9.46. The zero-order valence-corrected chi connectivity index (χ0v) is 20.6. The van der Waals surface area contributed by atoms with E-state index in [1.165, 1.54) is 23.1 Å². The molecule has 1 aromatic heterocycles. The second-order valence-corrected chi connectivity index (χ2v) is 9.46. The van der Waals surface area contributed by atoms with Crippen molar-refractivity contribution in [1.29, 1.82) is 0 Å². The van der Waals surface area contributed by atoms with Crippen LogP contribution in [0.4, 0.5) is 4.39 Å². The molecule has 8 heteroatoms. The molecule has 2 aliphatic heterocycles. The summed E-state index contributed by atoms with van der Waals surface area (Å²) < 4.78 is 31.3. The Kier molecular flexibility index (Phi) is 7.34. The third-order valence-electron chi connectivity index (χ3n) is 7.00. The van der Waals surface area contributed by atoms with E-state index in [1.54, 1.807) is 4.90 Å². The number of amides is 1. The minimum absolute atomic E-state index is 0.0418. The molecule has 1 unspecified atom stereocenters. The van der Waals surface area contributed by atoms with Crippen molar-refractivity contribution in [1.82, 2.24) is 4.90 Å². The van der Waals surface area contributed by atoms with E-state index in [0.29, 0.717) is 18.9 Å². The van der Waals surface area contributed by atoms with Crippen molar-refractivity contribution in [3.8, 4) is 5.75 Å². The fourth-order valence-corrected chi connectivity index (χ4v) is 5.09. The van der Waals surface area contributed by atoms with E-state index < -0.39 is 11.9 Å². The third kappa shape index (κ3) is 4.88. The number of halogens is 1. The molecule has 0 aliphatic carbocycles. The van der Waals surface area contributed by atoms with Crippen LogP contribution < -0.4 is 15.1 Å². The number of nitrogens with zero attached hydrogens (tertiary/aromatic N) is 1. The van der Waals surface area contributed by atoms with Gasteiger partial charge in [0.25, 0.3) is 5.91 Å². The molecule has 7 nitrogen and oxygen atoms in total. The number of quaternary nitrogens is 1. The molecule has 0 bridgehead atoms. The molecule has 2 aromatic carbocycles. The lowest BCUT2D eigenvalue weighted by molar-refractivity contribution is -0.908. The third-order valence-corrected chi connectivity index (χ3v) is 7.00. The van der Waals surface area contributed by atoms with Crippen LogP contribution >= 0.6 is 0 Å². The molecule has 2 aliphatic rings. The maximum absolute atomic E-state index is 14.0. The van der Waals surface area contributed by atoms with Crippen molar-refractivity contribution in [3.63, 3.8) is 0 Å². The molecule has 0 spiro atoms. The van der Waals surface area contributed by atoms with Crippen molar-refractivity contribution in [2.75, 3.05) is 46.0 Å². The molecule has 1 amide bonds. The zero-order chi connectivity index (χ0) is 25.1. The Morgan fingerprint density at radius 2 is 1.94 bits per heavy atom. The van der Waals surface area contributed by atoms with Crippen LogP contribution in [0.5, 0.6) is 5.75 Å². The maximum Gasteiger partial charge on any atom is 0.290 e. The Morgan fingerprint density at radius 3 is 2.75 bits per heavy atom. The minimum atomic E-state index is -0.620. The Hall–Kier alpha value is -3.23. The zero-order valence-electron chi connectivity index (χ0n) is 20.6. The molecule has 0 radical (unpaired) electrons. The molecule has 3 heterocycles. The SMILES string of the molecule is CCCCOc1cccc(C2c3c(oc4ccc(F)cc4c3=O)C(=O)N2CCC[NH+]2CCOCC2)c1. The average molecular weight is 496 g/mol. The fourth-order valence-electron chi connectivity index (χ4n) is 5.09. The highest BCUT2D eigenvalue weighted by atomic mass is 19.1. The maximum atomic E-state index is 14.0. The van der Waals surface area contributed by atoms with Gasteiger partial charge in [-0.2, -0.15) is 0 Å². The predicted molar refractivity (Wildman–Crippen MR) is 133 cm³/mol. The van der Waals surface area contributed by atoms with Gasteiger partial charge >= 0.3 is 0 Å². The second kappa shape index (κ2) is 10.8. The number of carbonyl (C=O) groups is 1. The van der Waals surface area contributed by atoms with Crippen LogP contribution in [0.2, 0.25) is 0 Å². The molecule has 3 aromatic rings. The first-order chi connectivity index (χ1) is 17.6. The van der Waals surface area contributed by atoms with Gasteiger partial charge in [-0.05, 0) is 42.3 Å². The highest BCUT2D eigenvalue weighted by Gasteiger charge is 2.42. The topological polar surface area (TPSA) is 73.4 Å². The van der Waals surface area contributed by atoms with E-state index in [4.69, 9.17) is 13.9 Å². The standard InChI is InChI=1S/C28H31FN2O5/c1-2-3-14-35-21-7-4-6-19(17-21)25-24-26(32)22-18-20(29)8-9-23(22)36-27(24)28(33)31(25)11-5-10-30-12-15-34-16-13-30/h4,6-9,17-18,25H,2-3,5,10-16H2,1H3/p+1. The van der Waals surface area contributed by atoms with Crippen LogP contribution in [0.25, 0.3) is 11.0 Å². The first-order valence-electron chi connectivity index (χ1n) is 12.8. The Morgan fingerprint density at radius 1 is 1.11 bits per heavy atom. The normalized spacial score (nSPS) is 18.1. The lowest BCUT2D eigenvalue weighted by atomic mass is 9.98. The molecule has 36 heavy (non-hydrogen) atoms. The van der Waals surface area contributed by atoms with Crippen molar-refractivity contribution in [2.24, 2.45) is 0 Å². The summed E-state index contributed by atoms with van der Waals surface area (Å²) in [5.41, 5.74) is 0.881. The first-order valence-corrected chi connectivity index (χ1v) is 12.8. The molecular formula is C28H32FN2O5+. The van der Waals surface area contributed by atoms with Crippen LogP contribution in [-0.4, -0.2) is 56.8 Å². The number of nitrogens with one attached hydrogen (secondary N) is 1. The number of benzene rings is 2. The smallest absolute Gasteiger partial charge is 0.290 e. The molecule has 1 saturated heterocycles. The fraction of sp³-hybridized carbons (Fsp3) is 0.429. The van der Waals surface area contributed by atoms with Crippen LogP contribution in [0.15, 0.2) is 51.7 Å². The first kappa shape index (κ1) is 24.5. The number of morpholine rings is 1. The van der Waals surface area contributed by atoms with Gasteiger partial charge < -0.3 is 23.7 Å². The number of unbranched alkanes of at least 4 members (excludes halogenated alkanes) is 1. The highest BCUT2D eigenvalue weighted by Crippen LogP contribution is 2.39. The van der Waals surface area contributed by atoms with Crippen molar-refractivity contribution in [2.45, 2.75) is 32.2 Å². The molecule has 1 N–H and O–H groups in total. The summed E-state index contributed by atoms with van der Waals surface area (Å²) in [7, 11) is 0. The molecule has 0 saturated carbocycles. The van der Waals surface area contributed by atoms with Gasteiger partial charge in [-0.1, -0.05) is 25.5 Å². The minimum Gasteiger partial charge on any atom is -0.494 e. The summed E-state index contributed by atoms with van der Waals surface area (Å²) >= 11 is 0. The van der Waals surface area contributed by atoms with Crippen LogP contribution in [0.3, 0.4) is 0 Å². The highest BCUT2D eigenvalue weighted by molar-refractivity contribution is 5.99. The van der Waals surface area contributed by atoms with Gasteiger partial charge in [-0.15, -0.1) is 0 Å². The number of ether oxygens (including phenoxy) is 2. The summed E-state index contributed by atoms with van der Waals surface area (Å²) in [6, 6.07) is 10.7. The van der Waals surface area contributed by atoms with E-state index in [9.17, 15) is 14.0 Å². The average Bonchev–Trinajstić information content (AvgIpc) is 3.17. The number of hydrogen-bond donors (Lipinski definition) is 1. The summed E-state index contributed by atoms with van der Waals surface area (Å²) in [5.74, 6) is -0.101. The number of rotatable bonds is 9. The van der Waals surface area contributed by atoms with E-state index in [-0.39, 0.29) is 33.6 Å². The van der Waals surface area contributed by atoms with Gasteiger partial charge in [0, 0.05) is 13.0 Å². The largest absolute Gasteiger partial charge is 0.494 e. The van der Waals surface area contributed by atoms with E-state index in [0.717, 1.165) is 57.7 Å². The van der Waals surface area contributed by atoms with E-state index in [1.807, 2.05) is 24.3 Å².